The quantitative estimate of drug-likeness (QED) is 0.497. The molecular weight excluding hydrogens is 414 g/mol. The minimum atomic E-state index is -0.619. The minimum Gasteiger partial charge on any atom is -0.495 e. The number of aromatic nitrogens is 1. The summed E-state index contributed by atoms with van der Waals surface area (Å²) in [7, 11) is 1.51. The van der Waals surface area contributed by atoms with Gasteiger partial charge in [0.25, 0.3) is 0 Å². The van der Waals surface area contributed by atoms with E-state index >= 15 is 0 Å². The van der Waals surface area contributed by atoms with E-state index in [4.69, 9.17) is 9.47 Å². The van der Waals surface area contributed by atoms with Crippen molar-refractivity contribution in [1.82, 2.24) is 4.98 Å². The lowest BCUT2D eigenvalue weighted by Gasteiger charge is -2.20. The van der Waals surface area contributed by atoms with E-state index in [1.165, 1.54) is 7.11 Å². The van der Waals surface area contributed by atoms with Crippen LogP contribution in [0.25, 0.3) is 10.2 Å². The van der Waals surface area contributed by atoms with Crippen LogP contribution in [0.15, 0.2) is 42.5 Å². The number of amides is 2. The van der Waals surface area contributed by atoms with Crippen LogP contribution in [-0.4, -0.2) is 29.7 Å². The van der Waals surface area contributed by atoms with Crippen molar-refractivity contribution in [2.75, 3.05) is 17.7 Å². The Labute approximate surface area is 185 Å². The van der Waals surface area contributed by atoms with Gasteiger partial charge in [-0.15, -0.1) is 11.3 Å². The largest absolute Gasteiger partial charge is 0.495 e. The van der Waals surface area contributed by atoms with E-state index < -0.39 is 11.7 Å². The number of benzene rings is 2. The number of rotatable bonds is 7. The number of methoxy groups -OCH3 is 1. The van der Waals surface area contributed by atoms with Crippen LogP contribution in [0.2, 0.25) is 0 Å². The van der Waals surface area contributed by atoms with Gasteiger partial charge in [0.15, 0.2) is 0 Å². The maximum absolute atomic E-state index is 12.4. The van der Waals surface area contributed by atoms with E-state index in [1.54, 1.807) is 50.3 Å². The van der Waals surface area contributed by atoms with E-state index in [2.05, 4.69) is 21.7 Å². The molecule has 3 aromatic rings. The van der Waals surface area contributed by atoms with Crippen LogP contribution in [0.3, 0.4) is 0 Å². The maximum atomic E-state index is 12.4. The predicted octanol–water partition coefficient (Wildman–Crippen LogP) is 5.61. The third kappa shape index (κ3) is 6.68. The zero-order chi connectivity index (χ0) is 22.4. The van der Waals surface area contributed by atoms with Gasteiger partial charge in [-0.25, -0.2) is 9.78 Å². The first-order valence-electron chi connectivity index (χ1n) is 10.1. The molecule has 0 bridgehead atoms. The van der Waals surface area contributed by atoms with E-state index in [0.29, 0.717) is 30.0 Å². The number of nitrogens with one attached hydrogen (secondary N) is 2. The number of carbonyl (C=O) groups excluding carboxylic acids is 2. The van der Waals surface area contributed by atoms with Crippen LogP contribution in [-0.2, 0) is 16.0 Å². The van der Waals surface area contributed by atoms with Crippen LogP contribution in [0.4, 0.5) is 16.2 Å². The topological polar surface area (TPSA) is 89.5 Å². The number of fused-ring (bicyclic) bond motifs is 1. The molecule has 31 heavy (non-hydrogen) atoms. The number of anilines is 2. The van der Waals surface area contributed by atoms with E-state index in [0.717, 1.165) is 21.6 Å². The molecule has 0 aliphatic carbocycles. The Bertz CT molecular complexity index is 1040. The van der Waals surface area contributed by atoms with Crippen molar-refractivity contribution in [2.24, 2.45) is 0 Å². The van der Waals surface area contributed by atoms with Gasteiger partial charge in [-0.05, 0) is 63.9 Å². The Kier molecular flexibility index (Phi) is 7.12. The predicted molar refractivity (Wildman–Crippen MR) is 124 cm³/mol. The lowest BCUT2D eigenvalue weighted by atomic mass is 10.2. The van der Waals surface area contributed by atoms with Gasteiger partial charge >= 0.3 is 6.09 Å². The second kappa shape index (κ2) is 9.78. The molecule has 0 unspecified atom stereocenters. The Morgan fingerprint density at radius 3 is 2.58 bits per heavy atom. The fraction of sp³-hybridized carbons (Fsp3) is 0.348. The Hall–Kier alpha value is -3.13. The van der Waals surface area contributed by atoms with E-state index in [1.807, 2.05) is 18.2 Å². The molecule has 0 radical (unpaired) electrons. The summed E-state index contributed by atoms with van der Waals surface area (Å²) in [6.07, 6.45) is 1.23. The molecule has 8 heteroatoms. The number of ether oxygens (including phenoxy) is 2. The smallest absolute Gasteiger partial charge is 0.412 e. The molecule has 0 fully saturated rings. The first-order chi connectivity index (χ1) is 14.7. The number of thiazole rings is 1. The highest BCUT2D eigenvalue weighted by Crippen LogP contribution is 2.29. The second-order valence-electron chi connectivity index (χ2n) is 8.02. The normalized spacial score (nSPS) is 11.2. The summed E-state index contributed by atoms with van der Waals surface area (Å²) in [4.78, 5) is 29.1. The highest BCUT2D eigenvalue weighted by atomic mass is 32.1. The standard InChI is InChI=1S/C23H27N3O4S/c1-23(2,3)30-22(28)26-17-14-15(12-13-18(17)29-4)24-20(27)10-7-11-21-25-16-8-5-6-9-19(16)31-21/h5-6,8-9,12-14H,7,10-11H2,1-4H3,(H,24,27)(H,26,28). The third-order valence-electron chi connectivity index (χ3n) is 4.25. The fourth-order valence-electron chi connectivity index (χ4n) is 2.95. The summed E-state index contributed by atoms with van der Waals surface area (Å²) < 4.78 is 11.7. The maximum Gasteiger partial charge on any atom is 0.412 e. The van der Waals surface area contributed by atoms with Gasteiger partial charge in [-0.3, -0.25) is 10.1 Å². The van der Waals surface area contributed by atoms with Crippen molar-refractivity contribution < 1.29 is 19.1 Å². The molecule has 0 aliphatic heterocycles. The number of carbonyl (C=O) groups is 2. The summed E-state index contributed by atoms with van der Waals surface area (Å²) in [5.41, 5.74) is 1.36. The molecule has 0 spiro atoms. The van der Waals surface area contributed by atoms with Crippen molar-refractivity contribution in [1.29, 1.82) is 0 Å². The Morgan fingerprint density at radius 1 is 1.10 bits per heavy atom. The molecule has 0 saturated heterocycles. The lowest BCUT2D eigenvalue weighted by Crippen LogP contribution is -2.27. The molecule has 0 aliphatic rings. The first-order valence-corrected chi connectivity index (χ1v) is 10.9. The monoisotopic (exact) mass is 441 g/mol. The van der Waals surface area contributed by atoms with E-state index in [9.17, 15) is 9.59 Å². The molecule has 3 rings (SSSR count). The summed E-state index contributed by atoms with van der Waals surface area (Å²) in [5, 5.41) is 6.56. The molecule has 164 valence electrons. The number of hydrogen-bond donors (Lipinski definition) is 2. The van der Waals surface area contributed by atoms with Crippen LogP contribution in [0.5, 0.6) is 5.75 Å². The van der Waals surface area contributed by atoms with Gasteiger partial charge in [-0.2, -0.15) is 0 Å². The summed E-state index contributed by atoms with van der Waals surface area (Å²) in [5.74, 6) is 0.370. The molecule has 1 aromatic heterocycles. The summed E-state index contributed by atoms with van der Waals surface area (Å²) in [6, 6.07) is 13.1. The van der Waals surface area contributed by atoms with Crippen molar-refractivity contribution in [2.45, 2.75) is 45.6 Å². The third-order valence-corrected chi connectivity index (χ3v) is 5.35. The summed E-state index contributed by atoms with van der Waals surface area (Å²) >= 11 is 1.66. The average Bonchev–Trinajstić information content (AvgIpc) is 3.09. The zero-order valence-corrected chi connectivity index (χ0v) is 19.0. The molecule has 2 aromatic carbocycles. The Balaban J connectivity index is 1.55. The van der Waals surface area contributed by atoms with Crippen LogP contribution < -0.4 is 15.4 Å². The molecule has 0 atom stereocenters. The van der Waals surface area contributed by atoms with Gasteiger partial charge in [0.1, 0.15) is 11.4 Å². The van der Waals surface area contributed by atoms with Crippen LogP contribution >= 0.6 is 11.3 Å². The number of para-hydroxylation sites is 1. The van der Waals surface area contributed by atoms with Gasteiger partial charge < -0.3 is 14.8 Å². The van der Waals surface area contributed by atoms with Gasteiger partial charge in [0.2, 0.25) is 5.91 Å². The van der Waals surface area contributed by atoms with Crippen molar-refractivity contribution in [3.8, 4) is 5.75 Å². The Morgan fingerprint density at radius 2 is 1.87 bits per heavy atom. The number of aryl methyl sites for hydroxylation is 1. The average molecular weight is 442 g/mol. The second-order valence-corrected chi connectivity index (χ2v) is 9.13. The van der Waals surface area contributed by atoms with Crippen LogP contribution in [0.1, 0.15) is 38.6 Å². The lowest BCUT2D eigenvalue weighted by molar-refractivity contribution is -0.116. The van der Waals surface area contributed by atoms with Crippen molar-refractivity contribution in [3.05, 3.63) is 47.5 Å². The number of hydrogen-bond acceptors (Lipinski definition) is 6. The molecular formula is C23H27N3O4S. The molecule has 2 N–H and O–H groups in total. The van der Waals surface area contributed by atoms with E-state index in [-0.39, 0.29) is 5.91 Å². The molecule has 1 heterocycles. The SMILES string of the molecule is COc1ccc(NC(=O)CCCc2nc3ccccc3s2)cc1NC(=O)OC(C)(C)C. The van der Waals surface area contributed by atoms with Crippen LogP contribution in [0, 0.1) is 0 Å². The highest BCUT2D eigenvalue weighted by Gasteiger charge is 2.18. The fourth-order valence-corrected chi connectivity index (χ4v) is 3.96. The molecule has 7 nitrogen and oxygen atoms in total. The zero-order valence-electron chi connectivity index (χ0n) is 18.2. The molecule has 2 amide bonds. The molecule has 0 saturated carbocycles. The first kappa shape index (κ1) is 22.6. The van der Waals surface area contributed by atoms with Gasteiger partial charge in [0, 0.05) is 12.1 Å². The minimum absolute atomic E-state index is 0.102. The van der Waals surface area contributed by atoms with Gasteiger partial charge in [0.05, 0.1) is 28.0 Å². The summed E-state index contributed by atoms with van der Waals surface area (Å²) in [6.45, 7) is 5.36. The highest BCUT2D eigenvalue weighted by molar-refractivity contribution is 7.18. The van der Waals surface area contributed by atoms with Crippen molar-refractivity contribution >= 4 is 44.9 Å². The van der Waals surface area contributed by atoms with Crippen molar-refractivity contribution in [3.63, 3.8) is 0 Å². The number of nitrogens with zero attached hydrogens (tertiary/aromatic N) is 1. The van der Waals surface area contributed by atoms with Gasteiger partial charge in [-0.1, -0.05) is 12.1 Å².